The minimum Gasteiger partial charge on any atom is -0.504 e. The number of ether oxygens (including phenoxy) is 3. The van der Waals surface area contributed by atoms with E-state index in [1.807, 2.05) is 6.92 Å². The molecule has 1 saturated heterocycles. The van der Waals surface area contributed by atoms with Crippen molar-refractivity contribution in [3.63, 3.8) is 0 Å². The van der Waals surface area contributed by atoms with E-state index in [-0.39, 0.29) is 18.1 Å². The van der Waals surface area contributed by atoms with Gasteiger partial charge in [0, 0.05) is 0 Å². The molecular formula is C15H20N2O5. The largest absolute Gasteiger partial charge is 0.504 e. The molecule has 7 heteroatoms. The van der Waals surface area contributed by atoms with Crippen LogP contribution in [0.4, 0.5) is 0 Å². The minimum atomic E-state index is -0.875. The van der Waals surface area contributed by atoms with Crippen LogP contribution in [-0.2, 0) is 14.3 Å². The first-order chi connectivity index (χ1) is 10.5. The van der Waals surface area contributed by atoms with Gasteiger partial charge in [-0.25, -0.2) is 5.43 Å². The fourth-order valence-electron chi connectivity index (χ4n) is 2.05. The zero-order chi connectivity index (χ0) is 16.0. The Balaban J connectivity index is 1.89. The molecule has 1 fully saturated rings. The van der Waals surface area contributed by atoms with Crippen molar-refractivity contribution in [1.29, 1.82) is 0 Å². The van der Waals surface area contributed by atoms with E-state index in [1.165, 1.54) is 12.3 Å². The van der Waals surface area contributed by atoms with Gasteiger partial charge in [0.25, 0.3) is 0 Å². The molecule has 7 nitrogen and oxygen atoms in total. The predicted octanol–water partition coefficient (Wildman–Crippen LogP) is 1.39. The molecule has 1 aromatic rings. The van der Waals surface area contributed by atoms with Gasteiger partial charge in [-0.05, 0) is 37.6 Å². The monoisotopic (exact) mass is 308 g/mol. The van der Waals surface area contributed by atoms with E-state index in [4.69, 9.17) is 14.2 Å². The summed E-state index contributed by atoms with van der Waals surface area (Å²) in [6.45, 7) is 4.97. The number of phenols is 1. The van der Waals surface area contributed by atoms with Crippen LogP contribution >= 0.6 is 0 Å². The van der Waals surface area contributed by atoms with Gasteiger partial charge in [0.05, 0.1) is 32.5 Å². The maximum absolute atomic E-state index is 11.8. The number of phenolic OH excluding ortho intramolecular Hbond substituents is 1. The van der Waals surface area contributed by atoms with Crippen LogP contribution in [0.1, 0.15) is 25.8 Å². The lowest BCUT2D eigenvalue weighted by atomic mass is 10.2. The Morgan fingerprint density at radius 1 is 1.50 bits per heavy atom. The third kappa shape index (κ3) is 4.44. The van der Waals surface area contributed by atoms with Gasteiger partial charge in [0.2, 0.25) is 5.91 Å². The topological polar surface area (TPSA) is 89.4 Å². The molecule has 0 aromatic heterocycles. The molecule has 1 aliphatic rings. The van der Waals surface area contributed by atoms with Crippen molar-refractivity contribution in [3.8, 4) is 11.5 Å². The van der Waals surface area contributed by atoms with Gasteiger partial charge in [0.15, 0.2) is 17.3 Å². The third-order valence-electron chi connectivity index (χ3n) is 3.07. The summed E-state index contributed by atoms with van der Waals surface area (Å²) in [7, 11) is 0. The third-order valence-corrected chi connectivity index (χ3v) is 3.07. The highest BCUT2D eigenvalue weighted by molar-refractivity contribution is 5.83. The van der Waals surface area contributed by atoms with Gasteiger partial charge in [-0.15, -0.1) is 0 Å². The van der Waals surface area contributed by atoms with E-state index < -0.39 is 5.79 Å². The summed E-state index contributed by atoms with van der Waals surface area (Å²) in [5.41, 5.74) is 3.11. The highest BCUT2D eigenvalue weighted by atomic mass is 16.7. The van der Waals surface area contributed by atoms with Gasteiger partial charge in [0.1, 0.15) is 0 Å². The van der Waals surface area contributed by atoms with E-state index in [0.717, 1.165) is 0 Å². The summed E-state index contributed by atoms with van der Waals surface area (Å²) in [5.74, 6) is -0.741. The Hall–Kier alpha value is -2.12. The zero-order valence-corrected chi connectivity index (χ0v) is 12.7. The average Bonchev–Trinajstić information content (AvgIpc) is 2.89. The molecule has 0 spiro atoms. The lowest BCUT2D eigenvalue weighted by Crippen LogP contribution is -2.33. The van der Waals surface area contributed by atoms with Crippen LogP contribution in [0.3, 0.4) is 0 Å². The van der Waals surface area contributed by atoms with E-state index in [1.54, 1.807) is 19.1 Å². The molecule has 0 atom stereocenters. The molecule has 0 radical (unpaired) electrons. The Morgan fingerprint density at radius 2 is 2.23 bits per heavy atom. The summed E-state index contributed by atoms with van der Waals surface area (Å²) >= 11 is 0. The number of rotatable bonds is 6. The number of hydrogen-bond acceptors (Lipinski definition) is 6. The van der Waals surface area contributed by atoms with Gasteiger partial charge in [-0.2, -0.15) is 5.10 Å². The van der Waals surface area contributed by atoms with Crippen molar-refractivity contribution in [1.82, 2.24) is 5.43 Å². The number of nitrogens with one attached hydrogen (secondary N) is 1. The van der Waals surface area contributed by atoms with Gasteiger partial charge in [-0.1, -0.05) is 0 Å². The quantitative estimate of drug-likeness (QED) is 0.612. The Labute approximate surface area is 128 Å². The maximum atomic E-state index is 11.8. The molecule has 1 heterocycles. The SMILES string of the molecule is CCOc1cc(/C=N/NC(=O)CC2(C)OCCO2)ccc1O. The fourth-order valence-corrected chi connectivity index (χ4v) is 2.05. The van der Waals surface area contributed by atoms with Crippen molar-refractivity contribution in [2.45, 2.75) is 26.1 Å². The highest BCUT2D eigenvalue weighted by Crippen LogP contribution is 2.26. The Morgan fingerprint density at radius 3 is 2.91 bits per heavy atom. The summed E-state index contributed by atoms with van der Waals surface area (Å²) < 4.78 is 16.0. The number of hydrogen-bond donors (Lipinski definition) is 2. The number of hydrazone groups is 1. The van der Waals surface area contributed by atoms with Gasteiger partial charge < -0.3 is 19.3 Å². The molecule has 1 aliphatic heterocycles. The molecule has 0 unspecified atom stereocenters. The standard InChI is InChI=1S/C15H20N2O5/c1-3-20-13-8-11(4-5-12(13)18)10-16-17-14(19)9-15(2)21-6-7-22-15/h4-5,8,10,18H,3,6-7,9H2,1-2H3,(H,17,19)/b16-10+. The fraction of sp³-hybridized carbons (Fsp3) is 0.467. The van der Waals surface area contributed by atoms with Crippen LogP contribution < -0.4 is 10.2 Å². The second-order valence-electron chi connectivity index (χ2n) is 4.96. The van der Waals surface area contributed by atoms with Gasteiger partial charge in [-0.3, -0.25) is 4.79 Å². The molecule has 1 aromatic carbocycles. The summed E-state index contributed by atoms with van der Waals surface area (Å²) in [6, 6.07) is 4.81. The molecule has 2 N–H and O–H groups in total. The van der Waals surface area contributed by atoms with Crippen LogP contribution in [0.2, 0.25) is 0 Å². The van der Waals surface area contributed by atoms with E-state index in [0.29, 0.717) is 31.1 Å². The van der Waals surface area contributed by atoms with E-state index in [2.05, 4.69) is 10.5 Å². The maximum Gasteiger partial charge on any atom is 0.245 e. The van der Waals surface area contributed by atoms with Crippen LogP contribution in [0, 0.1) is 0 Å². The molecule has 0 bridgehead atoms. The number of nitrogens with zero attached hydrogens (tertiary/aromatic N) is 1. The van der Waals surface area contributed by atoms with Gasteiger partial charge >= 0.3 is 0 Å². The van der Waals surface area contributed by atoms with Crippen molar-refractivity contribution < 1.29 is 24.1 Å². The van der Waals surface area contributed by atoms with Crippen LogP contribution in [-0.4, -0.2) is 42.8 Å². The van der Waals surface area contributed by atoms with E-state index >= 15 is 0 Å². The highest BCUT2D eigenvalue weighted by Gasteiger charge is 2.33. The summed E-state index contributed by atoms with van der Waals surface area (Å²) in [5, 5.41) is 13.5. The van der Waals surface area contributed by atoms with Crippen LogP contribution in [0.15, 0.2) is 23.3 Å². The number of carbonyl (C=O) groups is 1. The smallest absolute Gasteiger partial charge is 0.245 e. The lowest BCUT2D eigenvalue weighted by molar-refractivity contribution is -0.159. The Kier molecular flexibility index (Phi) is 5.35. The summed E-state index contributed by atoms with van der Waals surface area (Å²) in [6.07, 6.45) is 1.54. The molecular weight excluding hydrogens is 288 g/mol. The lowest BCUT2D eigenvalue weighted by Gasteiger charge is -2.20. The van der Waals surface area contributed by atoms with Crippen molar-refractivity contribution in [2.75, 3.05) is 19.8 Å². The summed E-state index contributed by atoms with van der Waals surface area (Å²) in [4.78, 5) is 11.8. The Bertz CT molecular complexity index is 553. The molecule has 2 rings (SSSR count). The van der Waals surface area contributed by atoms with Crippen LogP contribution in [0.25, 0.3) is 0 Å². The minimum absolute atomic E-state index is 0.0616. The molecule has 0 aliphatic carbocycles. The number of benzene rings is 1. The second-order valence-corrected chi connectivity index (χ2v) is 4.96. The van der Waals surface area contributed by atoms with Crippen LogP contribution in [0.5, 0.6) is 11.5 Å². The van der Waals surface area contributed by atoms with Crippen molar-refractivity contribution in [2.24, 2.45) is 5.10 Å². The first kappa shape index (κ1) is 16.3. The molecule has 1 amide bonds. The molecule has 120 valence electrons. The number of amides is 1. The molecule has 0 saturated carbocycles. The first-order valence-electron chi connectivity index (χ1n) is 7.08. The predicted molar refractivity (Wildman–Crippen MR) is 79.9 cm³/mol. The average molecular weight is 308 g/mol. The zero-order valence-electron chi connectivity index (χ0n) is 12.7. The second kappa shape index (κ2) is 7.24. The first-order valence-corrected chi connectivity index (χ1v) is 7.08. The van der Waals surface area contributed by atoms with Crippen molar-refractivity contribution in [3.05, 3.63) is 23.8 Å². The van der Waals surface area contributed by atoms with Crippen molar-refractivity contribution >= 4 is 12.1 Å². The number of aromatic hydroxyl groups is 1. The number of carbonyl (C=O) groups excluding carboxylic acids is 1. The molecule has 22 heavy (non-hydrogen) atoms. The normalized spacial score (nSPS) is 16.8. The van der Waals surface area contributed by atoms with E-state index in [9.17, 15) is 9.90 Å².